The number of aromatic nitrogens is 2. The van der Waals surface area contributed by atoms with E-state index in [0.29, 0.717) is 17.0 Å². The highest BCUT2D eigenvalue weighted by atomic mass is 16.5. The summed E-state index contributed by atoms with van der Waals surface area (Å²) in [6.45, 7) is 3.71. The highest BCUT2D eigenvalue weighted by Gasteiger charge is 2.20. The van der Waals surface area contributed by atoms with Gasteiger partial charge in [-0.15, -0.1) is 0 Å². The lowest BCUT2D eigenvalue weighted by molar-refractivity contribution is 0.0932. The lowest BCUT2D eigenvalue weighted by atomic mass is 9.96. The van der Waals surface area contributed by atoms with Crippen LogP contribution in [0.4, 0.5) is 0 Å². The maximum Gasteiger partial charge on any atom is 0.258 e. The molecule has 1 saturated carbocycles. The third-order valence-electron chi connectivity index (χ3n) is 4.43. The second-order valence-corrected chi connectivity index (χ2v) is 6.27. The maximum absolute atomic E-state index is 12.7. The highest BCUT2D eigenvalue weighted by molar-refractivity contribution is 6.06. The Hall–Kier alpha value is -1.91. The number of amides is 1. The average molecular weight is 301 g/mol. The monoisotopic (exact) mass is 301 g/mol. The van der Waals surface area contributed by atoms with E-state index in [2.05, 4.69) is 15.5 Å². The Labute approximate surface area is 130 Å². The number of hydrogen-bond acceptors (Lipinski definition) is 4. The summed E-state index contributed by atoms with van der Waals surface area (Å²) in [5, 5.41) is 7.87. The Kier molecular flexibility index (Phi) is 4.41. The molecular formula is C17H23N3O2. The Morgan fingerprint density at radius 1 is 1.18 bits per heavy atom. The van der Waals surface area contributed by atoms with Crippen LogP contribution in [0.5, 0.6) is 0 Å². The molecule has 0 spiro atoms. The van der Waals surface area contributed by atoms with Gasteiger partial charge < -0.3 is 9.84 Å². The van der Waals surface area contributed by atoms with Crippen molar-refractivity contribution in [1.29, 1.82) is 0 Å². The summed E-state index contributed by atoms with van der Waals surface area (Å²) in [5.41, 5.74) is 2.56. The lowest BCUT2D eigenvalue weighted by Gasteiger charge is -2.21. The van der Waals surface area contributed by atoms with Crippen LogP contribution in [0.25, 0.3) is 11.1 Å². The van der Waals surface area contributed by atoms with E-state index in [4.69, 9.17) is 4.52 Å². The Morgan fingerprint density at radius 2 is 1.86 bits per heavy atom. The second-order valence-electron chi connectivity index (χ2n) is 6.27. The summed E-state index contributed by atoms with van der Waals surface area (Å²) in [4.78, 5) is 17.0. The van der Waals surface area contributed by atoms with Crippen LogP contribution >= 0.6 is 0 Å². The predicted octanol–water partition coefficient (Wildman–Crippen LogP) is 3.68. The molecule has 0 saturated heterocycles. The van der Waals surface area contributed by atoms with Gasteiger partial charge in [-0.2, -0.15) is 0 Å². The van der Waals surface area contributed by atoms with Crippen molar-refractivity contribution in [3.8, 4) is 0 Å². The molecule has 5 heteroatoms. The van der Waals surface area contributed by atoms with Gasteiger partial charge in [0.2, 0.25) is 0 Å². The minimum Gasteiger partial charge on any atom is -0.349 e. The molecule has 2 heterocycles. The third kappa shape index (κ3) is 3.13. The average Bonchev–Trinajstić information content (AvgIpc) is 2.82. The first kappa shape index (κ1) is 15.0. The van der Waals surface area contributed by atoms with Crippen LogP contribution in [0, 0.1) is 13.8 Å². The molecule has 2 aromatic rings. The normalized spacial score (nSPS) is 17.2. The molecule has 0 radical (unpaired) electrons. The zero-order valence-corrected chi connectivity index (χ0v) is 13.3. The summed E-state index contributed by atoms with van der Waals surface area (Å²) in [6, 6.07) is 2.10. The van der Waals surface area contributed by atoms with Crippen molar-refractivity contribution in [2.75, 3.05) is 0 Å². The van der Waals surface area contributed by atoms with Gasteiger partial charge in [0.05, 0.1) is 16.6 Å². The molecule has 1 N–H and O–H groups in total. The molecule has 5 nitrogen and oxygen atoms in total. The van der Waals surface area contributed by atoms with Crippen molar-refractivity contribution in [2.45, 2.75) is 64.8 Å². The van der Waals surface area contributed by atoms with Crippen LogP contribution in [0.15, 0.2) is 10.6 Å². The number of fused-ring (bicyclic) bond motifs is 1. The van der Waals surface area contributed by atoms with Gasteiger partial charge in [-0.1, -0.05) is 37.3 Å². The van der Waals surface area contributed by atoms with Crippen LogP contribution in [0.1, 0.15) is 66.7 Å². The first-order chi connectivity index (χ1) is 10.6. The SMILES string of the molecule is Cc1cc(C(=O)NC2CCCCCCC2)c2c(C)noc2n1. The van der Waals surface area contributed by atoms with E-state index in [0.717, 1.165) is 23.9 Å². The van der Waals surface area contributed by atoms with Gasteiger partial charge in [-0.05, 0) is 32.8 Å². The predicted molar refractivity (Wildman–Crippen MR) is 84.9 cm³/mol. The molecule has 1 amide bonds. The number of hydrogen-bond donors (Lipinski definition) is 1. The van der Waals surface area contributed by atoms with Crippen molar-refractivity contribution in [3.05, 3.63) is 23.0 Å². The molecule has 0 aliphatic heterocycles. The standard InChI is InChI=1S/C17H23N3O2/c1-11-10-14(15-12(2)20-22-17(15)18-11)16(21)19-13-8-6-4-3-5-7-9-13/h10,13H,3-9H2,1-2H3,(H,19,21). The summed E-state index contributed by atoms with van der Waals surface area (Å²) < 4.78 is 5.21. The van der Waals surface area contributed by atoms with Crippen LogP contribution in [0.3, 0.4) is 0 Å². The zero-order chi connectivity index (χ0) is 15.5. The van der Waals surface area contributed by atoms with E-state index in [1.54, 1.807) is 0 Å². The van der Waals surface area contributed by atoms with E-state index in [-0.39, 0.29) is 11.9 Å². The number of carbonyl (C=O) groups is 1. The number of pyridine rings is 1. The smallest absolute Gasteiger partial charge is 0.258 e. The van der Waals surface area contributed by atoms with E-state index in [9.17, 15) is 4.79 Å². The molecule has 3 rings (SSSR count). The molecular weight excluding hydrogens is 278 g/mol. The van der Waals surface area contributed by atoms with Gasteiger partial charge in [0.1, 0.15) is 0 Å². The maximum atomic E-state index is 12.7. The largest absolute Gasteiger partial charge is 0.349 e. The molecule has 1 aliphatic carbocycles. The Balaban J connectivity index is 1.83. The molecule has 2 aromatic heterocycles. The molecule has 0 atom stereocenters. The molecule has 0 aromatic carbocycles. The van der Waals surface area contributed by atoms with Crippen LogP contribution in [-0.4, -0.2) is 22.1 Å². The summed E-state index contributed by atoms with van der Waals surface area (Å²) >= 11 is 0. The van der Waals surface area contributed by atoms with E-state index in [1.807, 2.05) is 19.9 Å². The van der Waals surface area contributed by atoms with Crippen molar-refractivity contribution in [3.63, 3.8) is 0 Å². The van der Waals surface area contributed by atoms with Gasteiger partial charge in [0, 0.05) is 11.7 Å². The van der Waals surface area contributed by atoms with E-state index >= 15 is 0 Å². The van der Waals surface area contributed by atoms with Gasteiger partial charge >= 0.3 is 0 Å². The Morgan fingerprint density at radius 3 is 2.59 bits per heavy atom. The minimum absolute atomic E-state index is 0.0348. The van der Waals surface area contributed by atoms with E-state index in [1.165, 1.54) is 32.1 Å². The quantitative estimate of drug-likeness (QED) is 0.918. The lowest BCUT2D eigenvalue weighted by Crippen LogP contribution is -2.35. The molecule has 0 unspecified atom stereocenters. The molecule has 1 fully saturated rings. The van der Waals surface area contributed by atoms with Gasteiger partial charge in [0.25, 0.3) is 11.6 Å². The van der Waals surface area contributed by atoms with Gasteiger partial charge in [-0.25, -0.2) is 4.98 Å². The number of rotatable bonds is 2. The molecule has 22 heavy (non-hydrogen) atoms. The van der Waals surface area contributed by atoms with Crippen molar-refractivity contribution >= 4 is 17.0 Å². The van der Waals surface area contributed by atoms with Crippen molar-refractivity contribution in [2.24, 2.45) is 0 Å². The van der Waals surface area contributed by atoms with E-state index < -0.39 is 0 Å². The number of carbonyl (C=O) groups excluding carboxylic acids is 1. The topological polar surface area (TPSA) is 68.0 Å². The van der Waals surface area contributed by atoms with Crippen LogP contribution in [0.2, 0.25) is 0 Å². The molecule has 118 valence electrons. The summed E-state index contributed by atoms with van der Waals surface area (Å²) in [6.07, 6.45) is 8.41. The fourth-order valence-electron chi connectivity index (χ4n) is 3.26. The first-order valence-electron chi connectivity index (χ1n) is 8.19. The summed E-state index contributed by atoms with van der Waals surface area (Å²) in [7, 11) is 0. The number of aryl methyl sites for hydroxylation is 2. The fraction of sp³-hybridized carbons (Fsp3) is 0.588. The van der Waals surface area contributed by atoms with Crippen molar-refractivity contribution < 1.29 is 9.32 Å². The minimum atomic E-state index is -0.0348. The zero-order valence-electron chi connectivity index (χ0n) is 13.3. The summed E-state index contributed by atoms with van der Waals surface area (Å²) in [5.74, 6) is -0.0348. The first-order valence-corrected chi connectivity index (χ1v) is 8.19. The van der Waals surface area contributed by atoms with Crippen LogP contribution < -0.4 is 5.32 Å². The Bertz CT molecular complexity index is 670. The van der Waals surface area contributed by atoms with Crippen LogP contribution in [-0.2, 0) is 0 Å². The third-order valence-corrected chi connectivity index (χ3v) is 4.43. The fourth-order valence-corrected chi connectivity index (χ4v) is 3.26. The number of nitrogens with one attached hydrogen (secondary N) is 1. The molecule has 0 bridgehead atoms. The molecule has 1 aliphatic rings. The van der Waals surface area contributed by atoms with Crippen molar-refractivity contribution in [1.82, 2.24) is 15.5 Å². The second kappa shape index (κ2) is 6.46. The number of nitrogens with zero attached hydrogens (tertiary/aromatic N) is 2. The highest BCUT2D eigenvalue weighted by Crippen LogP contribution is 2.23. The van der Waals surface area contributed by atoms with Gasteiger partial charge in [0.15, 0.2) is 0 Å². The van der Waals surface area contributed by atoms with Gasteiger partial charge in [-0.3, -0.25) is 4.79 Å².